The van der Waals surface area contributed by atoms with Gasteiger partial charge in [-0.2, -0.15) is 0 Å². The van der Waals surface area contributed by atoms with Crippen LogP contribution in [0.5, 0.6) is 0 Å². The highest BCUT2D eigenvalue weighted by Gasteiger charge is 2.25. The molecule has 0 amide bonds. The van der Waals surface area contributed by atoms with Crippen LogP contribution in [0.15, 0.2) is 59.1 Å². The van der Waals surface area contributed by atoms with Crippen molar-refractivity contribution in [2.45, 2.75) is 31.4 Å². The van der Waals surface area contributed by atoms with E-state index in [2.05, 4.69) is 39.4 Å². The van der Waals surface area contributed by atoms with Gasteiger partial charge in [0.15, 0.2) is 0 Å². The van der Waals surface area contributed by atoms with Gasteiger partial charge in [-0.05, 0) is 49.2 Å². The molecule has 1 aliphatic rings. The molecule has 2 N–H and O–H groups in total. The van der Waals surface area contributed by atoms with Crippen LogP contribution in [0.2, 0.25) is 0 Å². The summed E-state index contributed by atoms with van der Waals surface area (Å²) in [7, 11) is 0. The van der Waals surface area contributed by atoms with Crippen molar-refractivity contribution in [1.29, 1.82) is 0 Å². The molecule has 2 heterocycles. The van der Waals surface area contributed by atoms with Crippen molar-refractivity contribution < 1.29 is 5.11 Å². The second-order valence-corrected chi connectivity index (χ2v) is 7.54. The van der Waals surface area contributed by atoms with Crippen molar-refractivity contribution in [1.82, 2.24) is 10.3 Å². The molecule has 4 rings (SSSR count). The Morgan fingerprint density at radius 3 is 2.64 bits per heavy atom. The fraction of sp³-hybridized carbons (Fsp3) is 0.286. The molecule has 0 unspecified atom stereocenters. The van der Waals surface area contributed by atoms with Crippen LogP contribution in [-0.4, -0.2) is 22.7 Å². The molecule has 1 fully saturated rings. The zero-order chi connectivity index (χ0) is 17.2. The first kappa shape index (κ1) is 16.7. The van der Waals surface area contributed by atoms with Gasteiger partial charge in [0.1, 0.15) is 0 Å². The van der Waals surface area contributed by atoms with E-state index in [-0.39, 0.29) is 6.04 Å². The monoisotopic (exact) mass is 396 g/mol. The van der Waals surface area contributed by atoms with Crippen LogP contribution >= 0.6 is 15.9 Å². The minimum atomic E-state index is -0.526. The third-order valence-electron chi connectivity index (χ3n) is 4.94. The molecule has 0 spiro atoms. The van der Waals surface area contributed by atoms with E-state index >= 15 is 0 Å². The molecule has 0 bridgehead atoms. The number of aliphatic hydroxyl groups excluding tert-OH is 1. The summed E-state index contributed by atoms with van der Waals surface area (Å²) in [4.78, 5) is 4.82. The van der Waals surface area contributed by atoms with Crippen molar-refractivity contribution in [3.05, 3.63) is 64.6 Å². The summed E-state index contributed by atoms with van der Waals surface area (Å²) in [6.07, 6.45) is 2.83. The maximum absolute atomic E-state index is 11.1. The summed E-state index contributed by atoms with van der Waals surface area (Å²) in [5, 5.41) is 15.6. The molecule has 3 aromatic rings. The number of pyridine rings is 1. The Kier molecular flexibility index (Phi) is 4.84. The molecule has 2 atom stereocenters. The number of rotatable bonds is 3. The number of hydrogen-bond donors (Lipinski definition) is 2. The number of aliphatic hydroxyl groups is 1. The van der Waals surface area contributed by atoms with Crippen molar-refractivity contribution in [2.75, 3.05) is 6.54 Å². The fourth-order valence-corrected chi connectivity index (χ4v) is 3.84. The van der Waals surface area contributed by atoms with Gasteiger partial charge in [-0.15, -0.1) is 0 Å². The van der Waals surface area contributed by atoms with Gasteiger partial charge in [-0.1, -0.05) is 52.7 Å². The standard InChI is InChI=1S/C21H21BrN2O/c22-15-10-8-14(9-11-15)20-13-17(16-5-1-2-6-18(16)24-20)21(25)19-7-3-4-12-23-19/h1-2,5-6,8-11,13,19,21,23,25H,3-4,7,12H2/t19-,21+/m1/s1. The minimum Gasteiger partial charge on any atom is -0.387 e. The average Bonchev–Trinajstić information content (AvgIpc) is 2.68. The largest absolute Gasteiger partial charge is 0.387 e. The number of piperidine rings is 1. The third kappa shape index (κ3) is 3.47. The molecule has 2 aromatic carbocycles. The Balaban J connectivity index is 1.82. The number of fused-ring (bicyclic) bond motifs is 1. The molecule has 1 saturated heterocycles. The van der Waals surface area contributed by atoms with Gasteiger partial charge in [-0.25, -0.2) is 4.98 Å². The van der Waals surface area contributed by atoms with Crippen LogP contribution in [0, 0.1) is 0 Å². The Morgan fingerprint density at radius 2 is 1.88 bits per heavy atom. The highest BCUT2D eigenvalue weighted by molar-refractivity contribution is 9.10. The second-order valence-electron chi connectivity index (χ2n) is 6.62. The van der Waals surface area contributed by atoms with Gasteiger partial charge in [-0.3, -0.25) is 0 Å². The Morgan fingerprint density at radius 1 is 1.08 bits per heavy atom. The molecular weight excluding hydrogens is 376 g/mol. The van der Waals surface area contributed by atoms with Gasteiger partial charge >= 0.3 is 0 Å². The predicted octanol–water partition coefficient (Wildman–Crippen LogP) is 4.84. The summed E-state index contributed by atoms with van der Waals surface area (Å²) in [6, 6.07) is 18.4. The van der Waals surface area contributed by atoms with E-state index in [9.17, 15) is 5.11 Å². The maximum atomic E-state index is 11.1. The van der Waals surface area contributed by atoms with Gasteiger partial charge in [0, 0.05) is 21.5 Å². The zero-order valence-electron chi connectivity index (χ0n) is 14.0. The van der Waals surface area contributed by atoms with E-state index < -0.39 is 6.10 Å². The minimum absolute atomic E-state index is 0.109. The summed E-state index contributed by atoms with van der Waals surface area (Å²) < 4.78 is 1.05. The van der Waals surface area contributed by atoms with Gasteiger partial charge in [0.2, 0.25) is 0 Å². The van der Waals surface area contributed by atoms with Crippen molar-refractivity contribution >= 4 is 26.8 Å². The quantitative estimate of drug-likeness (QED) is 0.665. The van der Waals surface area contributed by atoms with Crippen LogP contribution in [-0.2, 0) is 0 Å². The SMILES string of the molecule is O[C@@H](c1cc(-c2ccc(Br)cc2)nc2ccccc12)[C@H]1CCCCN1. The molecule has 0 radical (unpaired) electrons. The Labute approximate surface area is 156 Å². The van der Waals surface area contributed by atoms with E-state index in [1.165, 1.54) is 6.42 Å². The number of benzene rings is 2. The maximum Gasteiger partial charge on any atom is 0.0950 e. The van der Waals surface area contributed by atoms with E-state index in [4.69, 9.17) is 4.98 Å². The lowest BCUT2D eigenvalue weighted by Crippen LogP contribution is -2.38. The molecule has 25 heavy (non-hydrogen) atoms. The normalized spacial score (nSPS) is 19.0. The topological polar surface area (TPSA) is 45.2 Å². The highest BCUT2D eigenvalue weighted by atomic mass is 79.9. The van der Waals surface area contributed by atoms with Gasteiger partial charge in [0.05, 0.1) is 17.3 Å². The van der Waals surface area contributed by atoms with Crippen LogP contribution in [0.4, 0.5) is 0 Å². The van der Waals surface area contributed by atoms with Crippen molar-refractivity contribution in [3.8, 4) is 11.3 Å². The van der Waals surface area contributed by atoms with Gasteiger partial charge < -0.3 is 10.4 Å². The van der Waals surface area contributed by atoms with Gasteiger partial charge in [0.25, 0.3) is 0 Å². The lowest BCUT2D eigenvalue weighted by molar-refractivity contribution is 0.115. The van der Waals surface area contributed by atoms with E-state index in [0.29, 0.717) is 0 Å². The van der Waals surface area contributed by atoms with Crippen molar-refractivity contribution in [3.63, 3.8) is 0 Å². The highest BCUT2D eigenvalue weighted by Crippen LogP contribution is 2.32. The number of para-hydroxylation sites is 1. The summed E-state index contributed by atoms with van der Waals surface area (Å²) in [6.45, 7) is 0.977. The first-order chi connectivity index (χ1) is 12.2. The third-order valence-corrected chi connectivity index (χ3v) is 5.47. The van der Waals surface area contributed by atoms with E-state index in [1.54, 1.807) is 0 Å². The second kappa shape index (κ2) is 7.24. The summed E-state index contributed by atoms with van der Waals surface area (Å²) in [5.41, 5.74) is 3.84. The Hall–Kier alpha value is -1.75. The number of nitrogens with zero attached hydrogens (tertiary/aromatic N) is 1. The predicted molar refractivity (Wildman–Crippen MR) is 105 cm³/mol. The van der Waals surface area contributed by atoms with Crippen LogP contribution in [0.1, 0.15) is 30.9 Å². The lowest BCUT2D eigenvalue weighted by atomic mass is 9.92. The lowest BCUT2D eigenvalue weighted by Gasteiger charge is -2.29. The molecule has 3 nitrogen and oxygen atoms in total. The average molecular weight is 397 g/mol. The molecule has 1 aromatic heterocycles. The molecule has 1 aliphatic heterocycles. The smallest absolute Gasteiger partial charge is 0.0950 e. The number of aromatic nitrogens is 1. The van der Waals surface area contributed by atoms with Crippen LogP contribution < -0.4 is 5.32 Å². The number of nitrogens with one attached hydrogen (secondary N) is 1. The molecule has 0 saturated carbocycles. The van der Waals surface area contributed by atoms with E-state index in [0.717, 1.165) is 51.6 Å². The summed E-state index contributed by atoms with van der Waals surface area (Å²) in [5.74, 6) is 0. The van der Waals surface area contributed by atoms with Crippen LogP contribution in [0.25, 0.3) is 22.2 Å². The molecule has 4 heteroatoms. The zero-order valence-corrected chi connectivity index (χ0v) is 15.5. The van der Waals surface area contributed by atoms with Crippen LogP contribution in [0.3, 0.4) is 0 Å². The number of halogens is 1. The summed E-state index contributed by atoms with van der Waals surface area (Å²) >= 11 is 3.48. The van der Waals surface area contributed by atoms with Crippen molar-refractivity contribution in [2.24, 2.45) is 0 Å². The number of hydrogen-bond acceptors (Lipinski definition) is 3. The first-order valence-corrected chi connectivity index (χ1v) is 9.59. The fourth-order valence-electron chi connectivity index (χ4n) is 3.58. The molecule has 128 valence electrons. The van der Waals surface area contributed by atoms with E-state index in [1.807, 2.05) is 36.4 Å². The first-order valence-electron chi connectivity index (χ1n) is 8.79. The Bertz CT molecular complexity index is 873. The molecular formula is C21H21BrN2O. The molecule has 0 aliphatic carbocycles.